The van der Waals surface area contributed by atoms with Crippen molar-refractivity contribution in [2.75, 3.05) is 6.61 Å². The minimum Gasteiger partial charge on any atom is -0.493 e. The number of aliphatic carboxylic acids is 1. The van der Waals surface area contributed by atoms with Crippen LogP contribution in [0, 0.1) is 18.8 Å². The number of carboxylic acids is 1. The number of carbonyl (C=O) groups is 1. The fourth-order valence-electron chi connectivity index (χ4n) is 5.68. The van der Waals surface area contributed by atoms with E-state index in [0.29, 0.717) is 18.4 Å². The Balaban J connectivity index is 1.20. The molecule has 2 heterocycles. The predicted octanol–water partition coefficient (Wildman–Crippen LogP) is 4.85. The van der Waals surface area contributed by atoms with Gasteiger partial charge in [0, 0.05) is 29.7 Å². The molecule has 0 amide bonds. The number of aryl methyl sites for hydroxylation is 1. The Hall–Kier alpha value is -3.34. The van der Waals surface area contributed by atoms with Crippen molar-refractivity contribution in [1.82, 2.24) is 4.98 Å². The maximum Gasteiger partial charge on any atom is 0.307 e. The standard InChI is InChI=1S/C27H25NO4/c1-15-4-2-3-5-18(15)19-8-9-31-23-7-6-16(10-20(19)23)14-32-24-12-17-11-21-25(22(17)13-28-24)26(21)27(29)30/h2-7,10,12-13,19,21,25-26H,8-9,11,14H2,1H3,(H,29,30)/t19?,21-,25-,26+/m1/s1. The molecule has 32 heavy (non-hydrogen) atoms. The number of nitrogens with zero attached hydrogens (tertiary/aromatic N) is 1. The van der Waals surface area contributed by atoms with E-state index < -0.39 is 5.97 Å². The van der Waals surface area contributed by atoms with Gasteiger partial charge in [-0.2, -0.15) is 0 Å². The summed E-state index contributed by atoms with van der Waals surface area (Å²) in [6, 6.07) is 16.9. The van der Waals surface area contributed by atoms with Crippen molar-refractivity contribution in [1.29, 1.82) is 0 Å². The van der Waals surface area contributed by atoms with E-state index in [4.69, 9.17) is 9.47 Å². The largest absolute Gasteiger partial charge is 0.493 e. The highest BCUT2D eigenvalue weighted by molar-refractivity contribution is 5.77. The zero-order valence-electron chi connectivity index (χ0n) is 18.0. The fourth-order valence-corrected chi connectivity index (χ4v) is 5.68. The first-order valence-corrected chi connectivity index (χ1v) is 11.3. The Morgan fingerprint density at radius 2 is 2.03 bits per heavy atom. The van der Waals surface area contributed by atoms with E-state index in [2.05, 4.69) is 48.3 Å². The summed E-state index contributed by atoms with van der Waals surface area (Å²) in [6.07, 6.45) is 3.59. The molecule has 2 aromatic carbocycles. The van der Waals surface area contributed by atoms with E-state index in [1.165, 1.54) is 22.3 Å². The third-order valence-corrected chi connectivity index (χ3v) is 7.33. The minimum atomic E-state index is -0.689. The Bertz CT molecular complexity index is 1220. The molecular weight excluding hydrogens is 402 g/mol. The van der Waals surface area contributed by atoms with Gasteiger partial charge in [-0.25, -0.2) is 4.98 Å². The van der Waals surface area contributed by atoms with Crippen molar-refractivity contribution >= 4 is 5.97 Å². The van der Waals surface area contributed by atoms with Crippen LogP contribution in [0.2, 0.25) is 0 Å². The van der Waals surface area contributed by atoms with Gasteiger partial charge in [-0.05, 0) is 65.6 Å². The lowest BCUT2D eigenvalue weighted by Crippen LogP contribution is -2.16. The van der Waals surface area contributed by atoms with Crippen LogP contribution in [-0.4, -0.2) is 22.7 Å². The molecule has 0 saturated heterocycles. The van der Waals surface area contributed by atoms with Crippen molar-refractivity contribution in [3.8, 4) is 11.6 Å². The molecule has 5 heteroatoms. The van der Waals surface area contributed by atoms with E-state index in [1.807, 2.05) is 18.3 Å². The molecule has 1 aliphatic heterocycles. The number of aromatic nitrogens is 1. The second-order valence-corrected chi connectivity index (χ2v) is 9.19. The molecule has 3 aromatic rings. The number of pyridine rings is 1. The zero-order valence-corrected chi connectivity index (χ0v) is 18.0. The number of hydrogen-bond donors (Lipinski definition) is 1. The van der Waals surface area contributed by atoms with Gasteiger partial charge in [0.1, 0.15) is 12.4 Å². The first-order chi connectivity index (χ1) is 15.6. The highest BCUT2D eigenvalue weighted by Gasteiger charge is 2.59. The molecule has 162 valence electrons. The van der Waals surface area contributed by atoms with Gasteiger partial charge in [0.25, 0.3) is 0 Å². The molecule has 6 rings (SSSR count). The van der Waals surface area contributed by atoms with Crippen molar-refractivity contribution in [3.63, 3.8) is 0 Å². The molecule has 2 aliphatic carbocycles. The molecule has 4 atom stereocenters. The minimum absolute atomic E-state index is 0.142. The van der Waals surface area contributed by atoms with Crippen LogP contribution >= 0.6 is 0 Å². The molecule has 3 aliphatic rings. The summed E-state index contributed by atoms with van der Waals surface area (Å²) in [7, 11) is 0. The predicted molar refractivity (Wildman–Crippen MR) is 119 cm³/mol. The van der Waals surface area contributed by atoms with Crippen LogP contribution in [0.3, 0.4) is 0 Å². The summed E-state index contributed by atoms with van der Waals surface area (Å²) in [5.74, 6) is 1.34. The second-order valence-electron chi connectivity index (χ2n) is 9.19. The molecule has 5 nitrogen and oxygen atoms in total. The van der Waals surface area contributed by atoms with E-state index in [0.717, 1.165) is 36.3 Å². The normalized spacial score (nSPS) is 24.7. The van der Waals surface area contributed by atoms with Gasteiger partial charge in [-0.1, -0.05) is 30.3 Å². The van der Waals surface area contributed by atoms with Gasteiger partial charge in [0.15, 0.2) is 0 Å². The third-order valence-electron chi connectivity index (χ3n) is 7.33. The maximum atomic E-state index is 11.3. The number of carboxylic acid groups (broad SMARTS) is 1. The Morgan fingerprint density at radius 3 is 2.88 bits per heavy atom. The smallest absolute Gasteiger partial charge is 0.307 e. The van der Waals surface area contributed by atoms with Crippen LogP contribution in [0.4, 0.5) is 0 Å². The summed E-state index contributed by atoms with van der Waals surface area (Å²) in [5, 5.41) is 9.29. The summed E-state index contributed by atoms with van der Waals surface area (Å²) in [5.41, 5.74) is 7.23. The molecule has 0 radical (unpaired) electrons. The van der Waals surface area contributed by atoms with E-state index in [-0.39, 0.29) is 17.8 Å². The van der Waals surface area contributed by atoms with Gasteiger partial charge in [0.05, 0.1) is 12.5 Å². The quantitative estimate of drug-likeness (QED) is 0.630. The lowest BCUT2D eigenvalue weighted by Gasteiger charge is -2.28. The summed E-state index contributed by atoms with van der Waals surface area (Å²) < 4.78 is 12.0. The van der Waals surface area contributed by atoms with Crippen molar-refractivity contribution in [3.05, 3.63) is 88.1 Å². The molecule has 1 N–H and O–H groups in total. The average Bonchev–Trinajstić information content (AvgIpc) is 3.40. The topological polar surface area (TPSA) is 68.7 Å². The monoisotopic (exact) mass is 427 g/mol. The molecule has 1 aromatic heterocycles. The van der Waals surface area contributed by atoms with Crippen molar-refractivity contribution < 1.29 is 19.4 Å². The van der Waals surface area contributed by atoms with Crippen LogP contribution in [0.25, 0.3) is 0 Å². The van der Waals surface area contributed by atoms with Crippen LogP contribution in [0.5, 0.6) is 11.6 Å². The molecule has 0 spiro atoms. The van der Waals surface area contributed by atoms with Crippen LogP contribution in [0.1, 0.15) is 51.6 Å². The maximum absolute atomic E-state index is 11.3. The van der Waals surface area contributed by atoms with Gasteiger partial charge in [-0.3, -0.25) is 4.79 Å². The summed E-state index contributed by atoms with van der Waals surface area (Å²) in [6.45, 7) is 3.33. The highest BCUT2D eigenvalue weighted by Crippen LogP contribution is 2.61. The molecular formula is C27H25NO4. The number of fused-ring (bicyclic) bond motifs is 4. The molecule has 1 unspecified atom stereocenters. The Morgan fingerprint density at radius 1 is 1.16 bits per heavy atom. The number of benzene rings is 2. The zero-order chi connectivity index (χ0) is 21.8. The number of ether oxygens (including phenoxy) is 2. The Kier molecular flexibility index (Phi) is 4.46. The van der Waals surface area contributed by atoms with Crippen LogP contribution < -0.4 is 9.47 Å². The third kappa shape index (κ3) is 3.15. The molecule has 1 saturated carbocycles. The average molecular weight is 428 g/mol. The summed E-state index contributed by atoms with van der Waals surface area (Å²) in [4.78, 5) is 15.7. The lowest BCUT2D eigenvalue weighted by molar-refractivity contribution is -0.139. The second kappa shape index (κ2) is 7.37. The van der Waals surface area contributed by atoms with Gasteiger partial charge in [0.2, 0.25) is 5.88 Å². The number of hydrogen-bond acceptors (Lipinski definition) is 4. The van der Waals surface area contributed by atoms with Gasteiger partial charge in [-0.15, -0.1) is 0 Å². The van der Waals surface area contributed by atoms with Crippen LogP contribution in [0.15, 0.2) is 54.7 Å². The van der Waals surface area contributed by atoms with Gasteiger partial charge < -0.3 is 14.6 Å². The fraction of sp³-hybridized carbons (Fsp3) is 0.333. The van der Waals surface area contributed by atoms with E-state index in [1.54, 1.807) is 0 Å². The van der Waals surface area contributed by atoms with Crippen LogP contribution in [-0.2, 0) is 17.8 Å². The van der Waals surface area contributed by atoms with Crippen molar-refractivity contribution in [2.24, 2.45) is 11.8 Å². The highest BCUT2D eigenvalue weighted by atomic mass is 16.5. The molecule has 1 fully saturated rings. The SMILES string of the molecule is Cc1ccccc1C1CCOc2ccc(COc3cc4c(cn3)[C@H]3[C@@H](C4)[C@@H]3C(=O)O)cc21. The number of rotatable bonds is 5. The van der Waals surface area contributed by atoms with E-state index >= 15 is 0 Å². The molecule has 0 bridgehead atoms. The summed E-state index contributed by atoms with van der Waals surface area (Å²) >= 11 is 0. The lowest BCUT2D eigenvalue weighted by atomic mass is 9.84. The van der Waals surface area contributed by atoms with Crippen molar-refractivity contribution in [2.45, 2.75) is 38.2 Å². The first-order valence-electron chi connectivity index (χ1n) is 11.3. The van der Waals surface area contributed by atoms with Gasteiger partial charge >= 0.3 is 5.97 Å². The first kappa shape index (κ1) is 19.4. The Labute approximate surface area is 187 Å². The van der Waals surface area contributed by atoms with E-state index in [9.17, 15) is 9.90 Å².